The summed E-state index contributed by atoms with van der Waals surface area (Å²) in [6.07, 6.45) is 2.83. The number of hydrogen-bond donors (Lipinski definition) is 2. The number of benzene rings is 2. The number of aromatic nitrogens is 2. The van der Waals surface area contributed by atoms with Crippen LogP contribution >= 0.6 is 23.2 Å². The second-order valence-corrected chi connectivity index (χ2v) is 7.86. The van der Waals surface area contributed by atoms with Crippen molar-refractivity contribution in [2.45, 2.75) is 25.4 Å². The average Bonchev–Trinajstić information content (AvgIpc) is 3.13. The molecule has 1 aromatic heterocycles. The normalized spacial score (nSPS) is 18.8. The third kappa shape index (κ3) is 3.80. The molecule has 0 radical (unpaired) electrons. The molecular weight excluding hydrogens is 411 g/mol. The fraction of sp³-hybridized carbons (Fsp3) is 0.333. The minimum Gasteiger partial charge on any atom is -0.495 e. The largest absolute Gasteiger partial charge is 0.495 e. The molecule has 0 aliphatic carbocycles. The molecule has 2 N–H and O–H groups in total. The van der Waals surface area contributed by atoms with Gasteiger partial charge in [0, 0.05) is 41.8 Å². The topological polar surface area (TPSA) is 68.3 Å². The lowest BCUT2D eigenvalue weighted by molar-refractivity contribution is 0.395. The Morgan fingerprint density at radius 3 is 2.48 bits per heavy atom. The van der Waals surface area contributed by atoms with Gasteiger partial charge in [-0.25, -0.2) is 9.97 Å². The van der Waals surface area contributed by atoms with E-state index < -0.39 is 0 Å². The van der Waals surface area contributed by atoms with E-state index in [0.29, 0.717) is 45.1 Å². The van der Waals surface area contributed by atoms with Crippen molar-refractivity contribution in [1.29, 1.82) is 0 Å². The molecule has 6 nitrogen and oxygen atoms in total. The smallest absolute Gasteiger partial charge is 0.223 e. The van der Waals surface area contributed by atoms with Gasteiger partial charge in [0.25, 0.3) is 0 Å². The first-order valence-electron chi connectivity index (χ1n) is 9.37. The van der Waals surface area contributed by atoms with Gasteiger partial charge in [-0.2, -0.15) is 0 Å². The predicted molar refractivity (Wildman–Crippen MR) is 118 cm³/mol. The summed E-state index contributed by atoms with van der Waals surface area (Å²) in [6, 6.07) is 8.29. The highest BCUT2D eigenvalue weighted by molar-refractivity contribution is 6.41. The van der Waals surface area contributed by atoms with Gasteiger partial charge in [0.1, 0.15) is 11.5 Å². The van der Waals surface area contributed by atoms with Crippen LogP contribution in [0.15, 0.2) is 30.5 Å². The number of nitrogens with one attached hydrogen (secondary N) is 2. The molecule has 2 aromatic carbocycles. The Balaban J connectivity index is 1.79. The summed E-state index contributed by atoms with van der Waals surface area (Å²) in [5.74, 6) is 1.58. The van der Waals surface area contributed by atoms with Gasteiger partial charge in [-0.3, -0.25) is 0 Å². The standard InChI is InChI=1S/C21H22Cl2N4O2/c1-11-7-12(9-24-11)26-21-25-10-14-13(5-4-6-15(14)27-21)18-19(22)16(28-2)8-17(29-3)20(18)23/h4-6,8,10-12,24H,7,9H2,1-3H3,(H,25,26,27)/t11-,12+/m1/s1. The minimum atomic E-state index is 0.317. The van der Waals surface area contributed by atoms with Crippen LogP contribution in [0.1, 0.15) is 13.3 Å². The van der Waals surface area contributed by atoms with Crippen molar-refractivity contribution in [2.75, 3.05) is 26.1 Å². The summed E-state index contributed by atoms with van der Waals surface area (Å²) in [7, 11) is 3.11. The molecule has 0 amide bonds. The second kappa shape index (κ2) is 8.22. The van der Waals surface area contributed by atoms with Crippen LogP contribution in [0, 0.1) is 0 Å². The van der Waals surface area contributed by atoms with E-state index in [9.17, 15) is 0 Å². The summed E-state index contributed by atoms with van der Waals surface area (Å²) in [4.78, 5) is 9.22. The van der Waals surface area contributed by atoms with E-state index in [1.165, 1.54) is 0 Å². The zero-order valence-electron chi connectivity index (χ0n) is 16.4. The molecule has 0 bridgehead atoms. The van der Waals surface area contributed by atoms with E-state index in [0.717, 1.165) is 29.4 Å². The molecule has 29 heavy (non-hydrogen) atoms. The van der Waals surface area contributed by atoms with Crippen LogP contribution in [0.2, 0.25) is 10.0 Å². The van der Waals surface area contributed by atoms with E-state index in [4.69, 9.17) is 37.7 Å². The van der Waals surface area contributed by atoms with Gasteiger partial charge in [-0.15, -0.1) is 0 Å². The first kappa shape index (κ1) is 20.0. The lowest BCUT2D eigenvalue weighted by Gasteiger charge is -2.16. The SMILES string of the molecule is COc1cc(OC)c(Cl)c(-c2cccc3nc(N[C@@H]4CN[C@H](C)C4)ncc23)c1Cl. The van der Waals surface area contributed by atoms with Gasteiger partial charge in [0.05, 0.1) is 29.8 Å². The van der Waals surface area contributed by atoms with E-state index in [1.54, 1.807) is 26.5 Å². The molecule has 152 valence electrons. The monoisotopic (exact) mass is 432 g/mol. The summed E-state index contributed by atoms with van der Waals surface area (Å²) in [5, 5.41) is 8.50. The molecule has 0 spiro atoms. The van der Waals surface area contributed by atoms with Crippen molar-refractivity contribution in [2.24, 2.45) is 0 Å². The fourth-order valence-corrected chi connectivity index (χ4v) is 4.40. The summed E-state index contributed by atoms with van der Waals surface area (Å²) < 4.78 is 10.8. The molecule has 1 saturated heterocycles. The van der Waals surface area contributed by atoms with Gasteiger partial charge < -0.3 is 20.1 Å². The Hall–Kier alpha value is -2.28. The second-order valence-electron chi connectivity index (χ2n) is 7.10. The zero-order valence-corrected chi connectivity index (χ0v) is 17.9. The summed E-state index contributed by atoms with van der Waals surface area (Å²) in [6.45, 7) is 3.07. The summed E-state index contributed by atoms with van der Waals surface area (Å²) in [5.41, 5.74) is 2.25. The van der Waals surface area contributed by atoms with Crippen LogP contribution < -0.4 is 20.1 Å². The number of ether oxygens (including phenoxy) is 2. The molecule has 1 fully saturated rings. The fourth-order valence-electron chi connectivity index (χ4n) is 3.69. The maximum atomic E-state index is 6.61. The predicted octanol–water partition coefficient (Wildman–Crippen LogP) is 4.78. The quantitative estimate of drug-likeness (QED) is 0.604. The lowest BCUT2D eigenvalue weighted by Crippen LogP contribution is -2.23. The number of fused-ring (bicyclic) bond motifs is 1. The van der Waals surface area contributed by atoms with Crippen molar-refractivity contribution in [3.63, 3.8) is 0 Å². The maximum Gasteiger partial charge on any atom is 0.223 e. The van der Waals surface area contributed by atoms with Gasteiger partial charge >= 0.3 is 0 Å². The maximum absolute atomic E-state index is 6.61. The van der Waals surface area contributed by atoms with Crippen LogP contribution in [0.3, 0.4) is 0 Å². The molecule has 4 rings (SSSR count). The van der Waals surface area contributed by atoms with E-state index in [2.05, 4.69) is 22.5 Å². The third-order valence-corrected chi connectivity index (χ3v) is 5.90. The highest BCUT2D eigenvalue weighted by Gasteiger charge is 2.22. The van der Waals surface area contributed by atoms with Crippen LogP contribution in [-0.2, 0) is 0 Å². The molecule has 1 aliphatic heterocycles. The van der Waals surface area contributed by atoms with E-state index in [1.807, 2.05) is 18.2 Å². The van der Waals surface area contributed by atoms with Crippen LogP contribution in [0.25, 0.3) is 22.0 Å². The number of methoxy groups -OCH3 is 2. The first-order valence-corrected chi connectivity index (χ1v) is 10.1. The van der Waals surface area contributed by atoms with Crippen LogP contribution in [-0.4, -0.2) is 42.8 Å². The van der Waals surface area contributed by atoms with Crippen molar-refractivity contribution in [1.82, 2.24) is 15.3 Å². The third-order valence-electron chi connectivity index (χ3n) is 5.15. The molecule has 1 aliphatic rings. The van der Waals surface area contributed by atoms with Crippen molar-refractivity contribution >= 4 is 40.1 Å². The Morgan fingerprint density at radius 2 is 1.86 bits per heavy atom. The van der Waals surface area contributed by atoms with Gasteiger partial charge in [0.2, 0.25) is 5.95 Å². The Morgan fingerprint density at radius 1 is 1.14 bits per heavy atom. The Bertz CT molecular complexity index is 1030. The van der Waals surface area contributed by atoms with Crippen LogP contribution in [0.4, 0.5) is 5.95 Å². The molecule has 3 aromatic rings. The summed E-state index contributed by atoms with van der Waals surface area (Å²) >= 11 is 13.2. The Kier molecular flexibility index (Phi) is 5.67. The molecule has 2 atom stereocenters. The number of nitrogens with zero attached hydrogens (tertiary/aromatic N) is 2. The number of hydrogen-bond acceptors (Lipinski definition) is 6. The molecule has 0 unspecified atom stereocenters. The highest BCUT2D eigenvalue weighted by atomic mass is 35.5. The van der Waals surface area contributed by atoms with Gasteiger partial charge in [-0.05, 0) is 25.0 Å². The first-order chi connectivity index (χ1) is 14.0. The molecule has 8 heteroatoms. The lowest BCUT2D eigenvalue weighted by atomic mass is 10.0. The van der Waals surface area contributed by atoms with Gasteiger partial charge in [0.15, 0.2) is 0 Å². The Labute approximate surface area is 179 Å². The van der Waals surface area contributed by atoms with Crippen molar-refractivity contribution < 1.29 is 9.47 Å². The highest BCUT2D eigenvalue weighted by Crippen LogP contribution is 2.47. The van der Waals surface area contributed by atoms with Gasteiger partial charge in [-0.1, -0.05) is 35.3 Å². The van der Waals surface area contributed by atoms with E-state index in [-0.39, 0.29) is 0 Å². The van der Waals surface area contributed by atoms with E-state index >= 15 is 0 Å². The number of anilines is 1. The number of rotatable bonds is 5. The molecular formula is C21H22Cl2N4O2. The minimum absolute atomic E-state index is 0.317. The average molecular weight is 433 g/mol. The van der Waals surface area contributed by atoms with Crippen molar-refractivity contribution in [3.05, 3.63) is 40.5 Å². The van der Waals surface area contributed by atoms with Crippen molar-refractivity contribution in [3.8, 4) is 22.6 Å². The number of halogens is 2. The molecule has 0 saturated carbocycles. The molecule has 2 heterocycles. The van der Waals surface area contributed by atoms with Crippen LogP contribution in [0.5, 0.6) is 11.5 Å². The zero-order chi connectivity index (χ0) is 20.5.